The lowest BCUT2D eigenvalue weighted by atomic mass is 10.2. The second-order valence-corrected chi connectivity index (χ2v) is 3.90. The molecule has 0 fully saturated rings. The molecule has 0 saturated carbocycles. The van der Waals surface area contributed by atoms with Gasteiger partial charge >= 0.3 is 0 Å². The molecule has 86 valence electrons. The van der Waals surface area contributed by atoms with Gasteiger partial charge in [0.1, 0.15) is 6.54 Å². The van der Waals surface area contributed by atoms with Crippen LogP contribution in [0, 0.1) is 0 Å². The van der Waals surface area contributed by atoms with Crippen LogP contribution >= 0.6 is 0 Å². The number of hydrogen-bond donors (Lipinski definition) is 1. The molecule has 0 aliphatic heterocycles. The first-order valence-corrected chi connectivity index (χ1v) is 5.43. The first-order chi connectivity index (χ1) is 7.93. The summed E-state index contributed by atoms with van der Waals surface area (Å²) in [6.45, 7) is 0.901. The second kappa shape index (κ2) is 5.15. The van der Waals surface area contributed by atoms with Gasteiger partial charge in [0, 0.05) is 0 Å². The monoisotopic (exact) mass is 288 g/mol. The smallest absolute Gasteiger partial charge is 0.286 e. The Labute approximate surface area is 111 Å². The second-order valence-electron chi connectivity index (χ2n) is 3.90. The topological polar surface area (TPSA) is 19.7 Å². The standard InChI is InChI=1S/C14H12N2.BrH/c1-2-5-12(6-3-1)11-16-10-4-7-13-8-9-15-14(13)16;/h1-10H,11H2;1H. The third kappa shape index (κ3) is 2.39. The molecule has 2 nitrogen and oxygen atoms in total. The van der Waals surface area contributed by atoms with Crippen molar-refractivity contribution >= 4 is 11.0 Å². The van der Waals surface area contributed by atoms with Crippen LogP contribution in [0.15, 0.2) is 60.9 Å². The van der Waals surface area contributed by atoms with E-state index in [2.05, 4.69) is 58.2 Å². The van der Waals surface area contributed by atoms with Gasteiger partial charge in [0.15, 0.2) is 0 Å². The lowest BCUT2D eigenvalue weighted by Crippen LogP contribution is -3.00. The Morgan fingerprint density at radius 3 is 2.59 bits per heavy atom. The van der Waals surface area contributed by atoms with Gasteiger partial charge in [0.05, 0.1) is 17.8 Å². The summed E-state index contributed by atoms with van der Waals surface area (Å²) in [7, 11) is 0. The lowest BCUT2D eigenvalue weighted by Gasteiger charge is -2.01. The molecule has 2 aromatic heterocycles. The Kier molecular flexibility index (Phi) is 3.59. The van der Waals surface area contributed by atoms with Crippen molar-refractivity contribution < 1.29 is 21.5 Å². The van der Waals surface area contributed by atoms with E-state index in [4.69, 9.17) is 0 Å². The molecule has 3 rings (SSSR count). The number of rotatable bonds is 2. The normalized spacial score (nSPS) is 10.1. The molecule has 17 heavy (non-hydrogen) atoms. The highest BCUT2D eigenvalue weighted by Crippen LogP contribution is 2.07. The summed E-state index contributed by atoms with van der Waals surface area (Å²) < 4.78 is 2.23. The number of halogens is 1. The van der Waals surface area contributed by atoms with E-state index in [1.165, 1.54) is 16.6 Å². The molecule has 3 aromatic rings. The molecule has 0 aliphatic carbocycles. The SMILES string of the molecule is [Br-].c1ccc(C[n+]2cccc3cc[nH]c32)cc1. The summed E-state index contributed by atoms with van der Waals surface area (Å²) in [5.74, 6) is 0. The number of aromatic amines is 1. The van der Waals surface area contributed by atoms with Crippen LogP contribution in [0.5, 0.6) is 0 Å². The Morgan fingerprint density at radius 2 is 1.76 bits per heavy atom. The summed E-state index contributed by atoms with van der Waals surface area (Å²) >= 11 is 0. The zero-order chi connectivity index (χ0) is 10.8. The van der Waals surface area contributed by atoms with Crippen LogP contribution in [0.4, 0.5) is 0 Å². The van der Waals surface area contributed by atoms with Crippen LogP contribution in [0.3, 0.4) is 0 Å². The average Bonchev–Trinajstić information content (AvgIpc) is 2.80. The van der Waals surface area contributed by atoms with Gasteiger partial charge < -0.3 is 17.0 Å². The zero-order valence-electron chi connectivity index (χ0n) is 9.31. The highest BCUT2D eigenvalue weighted by atomic mass is 79.9. The van der Waals surface area contributed by atoms with Gasteiger partial charge in [-0.3, -0.25) is 0 Å². The fourth-order valence-corrected chi connectivity index (χ4v) is 1.99. The van der Waals surface area contributed by atoms with Gasteiger partial charge in [-0.05, 0) is 23.8 Å². The van der Waals surface area contributed by atoms with Crippen LogP contribution in [-0.4, -0.2) is 4.98 Å². The van der Waals surface area contributed by atoms with E-state index in [0.29, 0.717) is 0 Å². The van der Waals surface area contributed by atoms with Crippen molar-refractivity contribution in [2.24, 2.45) is 0 Å². The first kappa shape index (κ1) is 11.9. The maximum Gasteiger partial charge on any atom is 0.286 e. The van der Waals surface area contributed by atoms with Crippen molar-refractivity contribution in [2.45, 2.75) is 6.54 Å². The minimum Gasteiger partial charge on any atom is -1.00 e. The molecular weight excluding hydrogens is 276 g/mol. The number of nitrogens with one attached hydrogen (secondary N) is 1. The number of H-pyrrole nitrogens is 1. The molecule has 1 N–H and O–H groups in total. The number of nitrogens with zero attached hydrogens (tertiary/aromatic N) is 1. The maximum absolute atomic E-state index is 3.27. The molecule has 0 atom stereocenters. The van der Waals surface area contributed by atoms with E-state index in [1.54, 1.807) is 0 Å². The van der Waals surface area contributed by atoms with Crippen LogP contribution in [0.25, 0.3) is 11.0 Å². The lowest BCUT2D eigenvalue weighted by molar-refractivity contribution is -0.664. The molecule has 0 aliphatic rings. The molecule has 0 spiro atoms. The van der Waals surface area contributed by atoms with Crippen molar-refractivity contribution in [1.82, 2.24) is 4.98 Å². The van der Waals surface area contributed by atoms with Gasteiger partial charge in [-0.2, -0.15) is 0 Å². The fraction of sp³-hybridized carbons (Fsp3) is 0.0714. The highest BCUT2D eigenvalue weighted by Gasteiger charge is 2.07. The minimum atomic E-state index is 0. The van der Waals surface area contributed by atoms with E-state index in [1.807, 2.05) is 12.3 Å². The molecule has 0 saturated heterocycles. The van der Waals surface area contributed by atoms with E-state index in [9.17, 15) is 0 Å². The summed E-state index contributed by atoms with van der Waals surface area (Å²) in [5, 5.41) is 1.25. The van der Waals surface area contributed by atoms with Crippen molar-refractivity contribution in [3.8, 4) is 0 Å². The van der Waals surface area contributed by atoms with E-state index in [0.717, 1.165) is 6.54 Å². The number of pyridine rings is 1. The van der Waals surface area contributed by atoms with Gasteiger partial charge in [0.2, 0.25) is 0 Å². The Hall–Kier alpha value is -1.61. The average molecular weight is 289 g/mol. The number of fused-ring (bicyclic) bond motifs is 1. The zero-order valence-corrected chi connectivity index (χ0v) is 10.9. The molecule has 0 amide bonds. The summed E-state index contributed by atoms with van der Waals surface area (Å²) in [5.41, 5.74) is 2.49. The Morgan fingerprint density at radius 1 is 0.941 bits per heavy atom. The van der Waals surface area contributed by atoms with E-state index < -0.39 is 0 Å². The van der Waals surface area contributed by atoms with Crippen LogP contribution < -0.4 is 21.5 Å². The maximum atomic E-state index is 3.27. The number of benzene rings is 1. The fourth-order valence-electron chi connectivity index (χ4n) is 1.99. The number of hydrogen-bond acceptors (Lipinski definition) is 0. The number of aromatic nitrogens is 2. The van der Waals surface area contributed by atoms with Crippen LogP contribution in [0.2, 0.25) is 0 Å². The predicted molar refractivity (Wildman–Crippen MR) is 64.0 cm³/mol. The quantitative estimate of drug-likeness (QED) is 0.614. The predicted octanol–water partition coefficient (Wildman–Crippen LogP) is -0.492. The van der Waals surface area contributed by atoms with Crippen molar-refractivity contribution in [1.29, 1.82) is 0 Å². The molecule has 0 radical (unpaired) electrons. The minimum absolute atomic E-state index is 0. The molecule has 1 aromatic carbocycles. The van der Waals surface area contributed by atoms with Gasteiger partial charge in [-0.1, -0.05) is 30.3 Å². The van der Waals surface area contributed by atoms with Crippen molar-refractivity contribution in [3.05, 3.63) is 66.5 Å². The van der Waals surface area contributed by atoms with Gasteiger partial charge in [-0.25, -0.2) is 9.55 Å². The van der Waals surface area contributed by atoms with Crippen LogP contribution in [0.1, 0.15) is 5.56 Å². The van der Waals surface area contributed by atoms with E-state index in [-0.39, 0.29) is 17.0 Å². The molecule has 0 bridgehead atoms. The summed E-state index contributed by atoms with van der Waals surface area (Å²) in [6.07, 6.45) is 4.08. The van der Waals surface area contributed by atoms with Crippen LogP contribution in [-0.2, 0) is 6.54 Å². The third-order valence-electron chi connectivity index (χ3n) is 2.78. The largest absolute Gasteiger partial charge is 1.00 e. The van der Waals surface area contributed by atoms with Gasteiger partial charge in [-0.15, -0.1) is 0 Å². The summed E-state index contributed by atoms with van der Waals surface area (Å²) in [6, 6.07) is 16.8. The van der Waals surface area contributed by atoms with Gasteiger partial charge in [0.25, 0.3) is 5.65 Å². The Bertz CT molecular complexity index is 602. The summed E-state index contributed by atoms with van der Waals surface area (Å²) in [4.78, 5) is 3.27. The highest BCUT2D eigenvalue weighted by molar-refractivity contribution is 5.71. The van der Waals surface area contributed by atoms with Crippen molar-refractivity contribution in [3.63, 3.8) is 0 Å². The third-order valence-corrected chi connectivity index (χ3v) is 2.78. The molecule has 3 heteroatoms. The molecule has 2 heterocycles. The molecular formula is C14H13BrN2. The van der Waals surface area contributed by atoms with E-state index >= 15 is 0 Å². The first-order valence-electron chi connectivity index (χ1n) is 5.43. The Balaban J connectivity index is 0.00000108. The van der Waals surface area contributed by atoms with Crippen molar-refractivity contribution in [2.75, 3.05) is 0 Å². The molecule has 0 unspecified atom stereocenters.